The molecule has 20 heavy (non-hydrogen) atoms. The van der Waals surface area contributed by atoms with Gasteiger partial charge in [-0.3, -0.25) is 4.79 Å². The van der Waals surface area contributed by atoms with Crippen molar-refractivity contribution < 1.29 is 4.79 Å². The van der Waals surface area contributed by atoms with Crippen LogP contribution in [-0.2, 0) is 4.79 Å². The van der Waals surface area contributed by atoms with Crippen LogP contribution in [0.1, 0.15) is 58.3 Å². The Balaban J connectivity index is 1.53. The summed E-state index contributed by atoms with van der Waals surface area (Å²) in [6.07, 6.45) is 11.8. The van der Waals surface area contributed by atoms with E-state index in [9.17, 15) is 4.79 Å². The summed E-state index contributed by atoms with van der Waals surface area (Å²) in [5.41, 5.74) is 1.54. The molecule has 0 bridgehead atoms. The van der Waals surface area contributed by atoms with Gasteiger partial charge in [-0.25, -0.2) is 0 Å². The average molecular weight is 278 g/mol. The molecule has 3 heteroatoms. The number of rotatable bonds is 6. The van der Waals surface area contributed by atoms with Gasteiger partial charge in [-0.15, -0.1) is 0 Å². The zero-order valence-corrected chi connectivity index (χ0v) is 13.0. The topological polar surface area (TPSA) is 32.3 Å². The lowest BCUT2D eigenvalue weighted by molar-refractivity contribution is -0.121. The molecule has 0 aromatic carbocycles. The molecule has 1 saturated heterocycles. The molecule has 0 aromatic heterocycles. The van der Waals surface area contributed by atoms with Crippen LogP contribution in [0.15, 0.2) is 11.6 Å². The molecule has 1 N–H and O–H groups in total. The Hall–Kier alpha value is -0.830. The minimum atomic E-state index is 0.222. The van der Waals surface area contributed by atoms with Crippen molar-refractivity contribution in [3.63, 3.8) is 0 Å². The van der Waals surface area contributed by atoms with Crippen molar-refractivity contribution in [3.8, 4) is 0 Å². The zero-order valence-electron chi connectivity index (χ0n) is 13.0. The third kappa shape index (κ3) is 5.66. The van der Waals surface area contributed by atoms with Gasteiger partial charge in [-0.2, -0.15) is 0 Å². The van der Waals surface area contributed by atoms with Gasteiger partial charge in [0.1, 0.15) is 0 Å². The van der Waals surface area contributed by atoms with Crippen molar-refractivity contribution in [2.24, 2.45) is 5.92 Å². The van der Waals surface area contributed by atoms with E-state index in [2.05, 4.69) is 23.2 Å². The van der Waals surface area contributed by atoms with Crippen molar-refractivity contribution in [1.82, 2.24) is 10.2 Å². The molecule has 1 aliphatic heterocycles. The first-order valence-corrected chi connectivity index (χ1v) is 8.41. The molecule has 0 unspecified atom stereocenters. The van der Waals surface area contributed by atoms with Crippen molar-refractivity contribution in [2.75, 3.05) is 26.2 Å². The number of hydrogen-bond donors (Lipinski definition) is 1. The number of allylic oxidation sites excluding steroid dienone is 1. The Morgan fingerprint density at radius 1 is 1.35 bits per heavy atom. The molecule has 114 valence electrons. The molecule has 0 aromatic rings. The van der Waals surface area contributed by atoms with Crippen LogP contribution >= 0.6 is 0 Å². The lowest BCUT2D eigenvalue weighted by Crippen LogP contribution is -2.36. The predicted octanol–water partition coefficient (Wildman–Crippen LogP) is 3.12. The van der Waals surface area contributed by atoms with Crippen LogP contribution < -0.4 is 5.32 Å². The van der Waals surface area contributed by atoms with Gasteiger partial charge in [0, 0.05) is 19.5 Å². The van der Waals surface area contributed by atoms with Crippen LogP contribution in [-0.4, -0.2) is 37.0 Å². The number of nitrogens with one attached hydrogen (secondary N) is 1. The van der Waals surface area contributed by atoms with Crippen molar-refractivity contribution in [3.05, 3.63) is 11.6 Å². The molecule has 0 radical (unpaired) electrons. The van der Waals surface area contributed by atoms with Crippen LogP contribution in [0.5, 0.6) is 0 Å². The van der Waals surface area contributed by atoms with E-state index in [0.29, 0.717) is 6.42 Å². The molecule has 0 saturated carbocycles. The maximum absolute atomic E-state index is 11.8. The number of nitrogens with zero attached hydrogens (tertiary/aromatic N) is 1. The fourth-order valence-corrected chi connectivity index (χ4v) is 3.13. The molecule has 1 aliphatic carbocycles. The second-order valence-corrected chi connectivity index (χ2v) is 6.48. The lowest BCUT2D eigenvalue weighted by Gasteiger charge is -2.29. The molecule has 2 aliphatic rings. The SMILES string of the molecule is CC1CCN(CCC(=O)NCCC2=CCCCC2)CC1. The minimum absolute atomic E-state index is 0.222. The summed E-state index contributed by atoms with van der Waals surface area (Å²) in [7, 11) is 0. The first-order chi connectivity index (χ1) is 9.74. The van der Waals surface area contributed by atoms with Gasteiger partial charge in [-0.05, 0) is 64.0 Å². The second kappa shape index (κ2) is 8.46. The molecule has 1 heterocycles. The second-order valence-electron chi connectivity index (χ2n) is 6.48. The number of piperidine rings is 1. The average Bonchev–Trinajstić information content (AvgIpc) is 2.48. The first-order valence-electron chi connectivity index (χ1n) is 8.41. The maximum Gasteiger partial charge on any atom is 0.221 e. The number of carbonyl (C=O) groups excluding carboxylic acids is 1. The van der Waals surface area contributed by atoms with Gasteiger partial charge >= 0.3 is 0 Å². The molecule has 2 rings (SSSR count). The van der Waals surface area contributed by atoms with Gasteiger partial charge in [0.15, 0.2) is 0 Å². The molecule has 0 atom stereocenters. The summed E-state index contributed by atoms with van der Waals surface area (Å²) in [5, 5.41) is 3.07. The van der Waals surface area contributed by atoms with Gasteiger partial charge < -0.3 is 10.2 Å². The van der Waals surface area contributed by atoms with E-state index in [0.717, 1.165) is 25.4 Å². The fourth-order valence-electron chi connectivity index (χ4n) is 3.13. The summed E-state index contributed by atoms with van der Waals surface area (Å²) in [5.74, 6) is 1.09. The van der Waals surface area contributed by atoms with Gasteiger partial charge in [0.05, 0.1) is 0 Å². The van der Waals surface area contributed by atoms with Gasteiger partial charge in [0.25, 0.3) is 0 Å². The molecule has 3 nitrogen and oxygen atoms in total. The number of likely N-dealkylation sites (tertiary alicyclic amines) is 1. The Kier molecular flexibility index (Phi) is 6.58. The van der Waals surface area contributed by atoms with Crippen LogP contribution in [0, 0.1) is 5.92 Å². The Morgan fingerprint density at radius 2 is 2.15 bits per heavy atom. The zero-order chi connectivity index (χ0) is 14.2. The smallest absolute Gasteiger partial charge is 0.221 e. The van der Waals surface area contributed by atoms with Crippen LogP contribution in [0.2, 0.25) is 0 Å². The third-order valence-electron chi connectivity index (χ3n) is 4.68. The largest absolute Gasteiger partial charge is 0.356 e. The monoisotopic (exact) mass is 278 g/mol. The lowest BCUT2D eigenvalue weighted by atomic mass is 9.97. The Bertz CT molecular complexity index is 330. The van der Waals surface area contributed by atoms with E-state index in [-0.39, 0.29) is 5.91 Å². The highest BCUT2D eigenvalue weighted by molar-refractivity contribution is 5.76. The number of hydrogen-bond acceptors (Lipinski definition) is 2. The normalized spacial score (nSPS) is 21.6. The maximum atomic E-state index is 11.8. The van der Waals surface area contributed by atoms with E-state index >= 15 is 0 Å². The van der Waals surface area contributed by atoms with Crippen LogP contribution in [0.3, 0.4) is 0 Å². The van der Waals surface area contributed by atoms with E-state index in [1.807, 2.05) is 0 Å². The van der Waals surface area contributed by atoms with Crippen LogP contribution in [0.4, 0.5) is 0 Å². The van der Waals surface area contributed by atoms with Gasteiger partial charge in [-0.1, -0.05) is 18.6 Å². The van der Waals surface area contributed by atoms with Crippen molar-refractivity contribution in [2.45, 2.75) is 58.3 Å². The van der Waals surface area contributed by atoms with E-state index < -0.39 is 0 Å². The third-order valence-corrected chi connectivity index (χ3v) is 4.68. The molecule has 0 spiro atoms. The molecule has 1 fully saturated rings. The minimum Gasteiger partial charge on any atom is -0.356 e. The van der Waals surface area contributed by atoms with E-state index in [4.69, 9.17) is 0 Å². The van der Waals surface area contributed by atoms with Crippen LogP contribution in [0.25, 0.3) is 0 Å². The highest BCUT2D eigenvalue weighted by atomic mass is 16.1. The summed E-state index contributed by atoms with van der Waals surface area (Å²) >= 11 is 0. The fraction of sp³-hybridized carbons (Fsp3) is 0.824. The summed E-state index contributed by atoms with van der Waals surface area (Å²) in [6, 6.07) is 0. The Labute approximate surface area is 123 Å². The standard InChI is InChI=1S/C17H30N2O/c1-15-8-12-19(13-9-15)14-10-17(20)18-11-7-16-5-3-2-4-6-16/h5,15H,2-4,6-14H2,1H3,(H,18,20). The molecular weight excluding hydrogens is 248 g/mol. The van der Waals surface area contributed by atoms with E-state index in [1.165, 1.54) is 51.6 Å². The first kappa shape index (κ1) is 15.6. The predicted molar refractivity (Wildman–Crippen MR) is 83.6 cm³/mol. The number of carbonyl (C=O) groups is 1. The van der Waals surface area contributed by atoms with Crippen molar-refractivity contribution >= 4 is 5.91 Å². The van der Waals surface area contributed by atoms with Crippen molar-refractivity contribution in [1.29, 1.82) is 0 Å². The highest BCUT2D eigenvalue weighted by Gasteiger charge is 2.16. The summed E-state index contributed by atoms with van der Waals surface area (Å²) in [4.78, 5) is 14.3. The van der Waals surface area contributed by atoms with E-state index in [1.54, 1.807) is 5.57 Å². The Morgan fingerprint density at radius 3 is 2.85 bits per heavy atom. The summed E-state index contributed by atoms with van der Waals surface area (Å²) < 4.78 is 0. The summed E-state index contributed by atoms with van der Waals surface area (Å²) in [6.45, 7) is 6.41. The molecular formula is C17H30N2O. The quantitative estimate of drug-likeness (QED) is 0.757. The molecule has 1 amide bonds. The number of amides is 1. The highest BCUT2D eigenvalue weighted by Crippen LogP contribution is 2.19. The van der Waals surface area contributed by atoms with Gasteiger partial charge in [0.2, 0.25) is 5.91 Å².